The highest BCUT2D eigenvalue weighted by molar-refractivity contribution is 7.45. The number of hydrogen-bond donors (Lipinski definition) is 0. The quantitative estimate of drug-likeness (QED) is 0.0195. The smallest absolute Gasteiger partial charge is 0.306 e. The van der Waals surface area contributed by atoms with Crippen LogP contribution in [0.15, 0.2) is 72.9 Å². The summed E-state index contributed by atoms with van der Waals surface area (Å²) in [5.41, 5.74) is 0. The van der Waals surface area contributed by atoms with E-state index in [0.29, 0.717) is 17.4 Å². The first kappa shape index (κ1) is 85.5. The number of phosphoric acid groups is 1. The molecule has 0 bridgehead atoms. The maximum atomic E-state index is 12.9. The van der Waals surface area contributed by atoms with Gasteiger partial charge in [-0.1, -0.05) is 337 Å². The average molecular weight is 1250 g/mol. The number of esters is 2. The Morgan fingerprint density at radius 3 is 0.966 bits per heavy atom. The predicted molar refractivity (Wildman–Crippen MR) is 379 cm³/mol. The molecule has 2 unspecified atom stereocenters. The van der Waals surface area contributed by atoms with Gasteiger partial charge < -0.3 is 27.9 Å². The summed E-state index contributed by atoms with van der Waals surface area (Å²) in [5.74, 6) is -0.818. The standard InChI is InChI=1S/C78H144NO8P/c1-6-8-10-12-14-16-18-20-22-24-26-28-30-32-34-35-36-37-38-39-40-41-42-43-45-46-48-50-52-54-56-58-60-62-64-66-68-70-77(80)84-74-76(75-86-88(82,83)85-73-72-79(3,4)5)87-78(81)71-69-67-65-63-61-59-57-55-53-51-49-47-44-33-31-29-27-25-23-21-19-17-15-13-11-9-7-2/h9,11,15,17-18,20-21,23-24,26-27,29,76H,6-8,10,12-14,16,19,22,25,28,30-75H2,1-5H3/b11-9-,17-15-,20-18-,23-21-,26-24-,29-27-. The SMILES string of the molecule is CC/C=C\C/C=C\C/C=C\C/C=C\CCCCCCCCCCCCCCCCC(=O)OC(COC(=O)CCCCCCCCCCCCCCCCCCCCCCCCCCC/C=C\C/C=C\CCCCCCC)COP(=O)([O-])OCC[N+](C)(C)C. The Labute approximate surface area is 546 Å². The fourth-order valence-corrected chi connectivity index (χ4v) is 11.7. The second-order valence-corrected chi connectivity index (χ2v) is 28.0. The zero-order valence-electron chi connectivity index (χ0n) is 58.7. The Morgan fingerprint density at radius 1 is 0.364 bits per heavy atom. The van der Waals surface area contributed by atoms with Crippen molar-refractivity contribution in [1.29, 1.82) is 0 Å². The summed E-state index contributed by atoms with van der Waals surface area (Å²) in [4.78, 5) is 38.1. The minimum atomic E-state index is -4.64. The van der Waals surface area contributed by atoms with E-state index in [4.69, 9.17) is 18.5 Å². The number of carbonyl (C=O) groups excluding carboxylic acids is 2. The third-order valence-corrected chi connectivity index (χ3v) is 17.7. The second kappa shape index (κ2) is 68.8. The number of allylic oxidation sites excluding steroid dienone is 12. The van der Waals surface area contributed by atoms with E-state index in [1.165, 1.54) is 257 Å². The van der Waals surface area contributed by atoms with Crippen LogP contribution in [-0.2, 0) is 32.7 Å². The number of ether oxygens (including phenoxy) is 2. The van der Waals surface area contributed by atoms with E-state index < -0.39 is 26.5 Å². The zero-order valence-corrected chi connectivity index (χ0v) is 59.6. The Hall–Kier alpha value is -2.55. The normalized spacial score (nSPS) is 13.5. The van der Waals surface area contributed by atoms with E-state index in [1.54, 1.807) is 0 Å². The number of phosphoric ester groups is 1. The fourth-order valence-electron chi connectivity index (χ4n) is 11.0. The van der Waals surface area contributed by atoms with Crippen LogP contribution in [-0.4, -0.2) is 70.0 Å². The molecule has 514 valence electrons. The van der Waals surface area contributed by atoms with Crippen molar-refractivity contribution in [2.24, 2.45) is 0 Å². The van der Waals surface area contributed by atoms with Gasteiger partial charge >= 0.3 is 11.9 Å². The Bertz CT molecular complexity index is 1710. The summed E-state index contributed by atoms with van der Waals surface area (Å²) in [5, 5.41) is 0. The van der Waals surface area contributed by atoms with Gasteiger partial charge in [-0.3, -0.25) is 14.2 Å². The van der Waals surface area contributed by atoms with Crippen LogP contribution in [0.25, 0.3) is 0 Å². The number of unbranched alkanes of at least 4 members (excludes halogenated alkanes) is 44. The van der Waals surface area contributed by atoms with Crippen LogP contribution in [0.2, 0.25) is 0 Å². The molecule has 0 aliphatic carbocycles. The number of nitrogens with zero attached hydrogens (tertiary/aromatic N) is 1. The monoisotopic (exact) mass is 1250 g/mol. The van der Waals surface area contributed by atoms with Gasteiger partial charge in [-0.05, 0) is 83.5 Å². The second-order valence-electron chi connectivity index (χ2n) is 26.6. The summed E-state index contributed by atoms with van der Waals surface area (Å²) >= 11 is 0. The molecule has 0 saturated carbocycles. The summed E-state index contributed by atoms with van der Waals surface area (Å²) in [6.45, 7) is 4.17. The molecule has 10 heteroatoms. The first-order valence-electron chi connectivity index (χ1n) is 37.6. The fraction of sp³-hybridized carbons (Fsp3) is 0.821. The van der Waals surface area contributed by atoms with E-state index in [1.807, 2.05) is 21.1 Å². The molecular formula is C78H144NO8P. The van der Waals surface area contributed by atoms with E-state index in [0.717, 1.165) is 70.6 Å². The number of rotatable bonds is 70. The maximum Gasteiger partial charge on any atom is 0.306 e. The first-order chi connectivity index (χ1) is 43.0. The number of quaternary nitrogens is 1. The van der Waals surface area contributed by atoms with Gasteiger partial charge in [-0.25, -0.2) is 0 Å². The first-order valence-corrected chi connectivity index (χ1v) is 39.1. The summed E-state index contributed by atoms with van der Waals surface area (Å²) < 4.78 is 34.4. The lowest BCUT2D eigenvalue weighted by Gasteiger charge is -2.28. The van der Waals surface area contributed by atoms with Gasteiger partial charge in [0.2, 0.25) is 0 Å². The van der Waals surface area contributed by atoms with Crippen LogP contribution in [0.3, 0.4) is 0 Å². The van der Waals surface area contributed by atoms with Crippen molar-refractivity contribution in [3.8, 4) is 0 Å². The average Bonchev–Trinajstić information content (AvgIpc) is 3.60. The van der Waals surface area contributed by atoms with Crippen LogP contribution in [0.4, 0.5) is 0 Å². The molecule has 0 aliphatic heterocycles. The van der Waals surface area contributed by atoms with Crippen molar-refractivity contribution in [2.75, 3.05) is 47.5 Å². The highest BCUT2D eigenvalue weighted by atomic mass is 31.2. The topological polar surface area (TPSA) is 111 Å². The third-order valence-electron chi connectivity index (χ3n) is 16.7. The minimum Gasteiger partial charge on any atom is -0.756 e. The molecule has 0 rings (SSSR count). The largest absolute Gasteiger partial charge is 0.756 e. The molecule has 0 heterocycles. The van der Waals surface area contributed by atoms with Crippen molar-refractivity contribution in [3.63, 3.8) is 0 Å². The Kier molecular flexibility index (Phi) is 66.8. The van der Waals surface area contributed by atoms with Gasteiger partial charge in [0.05, 0.1) is 27.7 Å². The summed E-state index contributed by atoms with van der Waals surface area (Å²) in [6, 6.07) is 0. The van der Waals surface area contributed by atoms with Crippen molar-refractivity contribution in [3.05, 3.63) is 72.9 Å². The molecule has 0 radical (unpaired) electrons. The molecule has 0 fully saturated rings. The van der Waals surface area contributed by atoms with E-state index >= 15 is 0 Å². The van der Waals surface area contributed by atoms with Gasteiger partial charge in [-0.15, -0.1) is 0 Å². The molecule has 0 aromatic rings. The van der Waals surface area contributed by atoms with Gasteiger partial charge in [0, 0.05) is 12.8 Å². The third kappa shape index (κ3) is 72.5. The maximum absolute atomic E-state index is 12.9. The van der Waals surface area contributed by atoms with Crippen molar-refractivity contribution in [1.82, 2.24) is 0 Å². The molecular weight excluding hydrogens is 1110 g/mol. The van der Waals surface area contributed by atoms with Crippen LogP contribution in [0, 0.1) is 0 Å². The van der Waals surface area contributed by atoms with Crippen LogP contribution in [0.5, 0.6) is 0 Å². The minimum absolute atomic E-state index is 0.0306. The lowest BCUT2D eigenvalue weighted by molar-refractivity contribution is -0.870. The Morgan fingerprint density at radius 2 is 0.648 bits per heavy atom. The molecule has 9 nitrogen and oxygen atoms in total. The Balaban J connectivity index is 3.94. The molecule has 0 amide bonds. The predicted octanol–water partition coefficient (Wildman–Crippen LogP) is 24.1. The van der Waals surface area contributed by atoms with Crippen LogP contribution >= 0.6 is 7.82 Å². The van der Waals surface area contributed by atoms with E-state index in [9.17, 15) is 19.0 Å². The van der Waals surface area contributed by atoms with Crippen molar-refractivity contribution in [2.45, 2.75) is 367 Å². The summed E-state index contributed by atoms with van der Waals surface area (Å²) in [6.07, 6.45) is 93.0. The van der Waals surface area contributed by atoms with Gasteiger partial charge in [0.25, 0.3) is 7.82 Å². The number of carbonyl (C=O) groups is 2. The molecule has 2 atom stereocenters. The van der Waals surface area contributed by atoms with E-state index in [-0.39, 0.29) is 32.0 Å². The van der Waals surface area contributed by atoms with Crippen molar-refractivity contribution >= 4 is 19.8 Å². The molecule has 0 N–H and O–H groups in total. The van der Waals surface area contributed by atoms with Crippen LogP contribution < -0.4 is 4.89 Å². The molecule has 0 spiro atoms. The van der Waals surface area contributed by atoms with Gasteiger partial charge in [0.1, 0.15) is 19.8 Å². The number of hydrogen-bond acceptors (Lipinski definition) is 8. The molecule has 0 aliphatic rings. The number of likely N-dealkylation sites (N-methyl/N-ethyl adjacent to an activating group) is 1. The highest BCUT2D eigenvalue weighted by Crippen LogP contribution is 2.38. The molecule has 0 aromatic carbocycles. The molecule has 88 heavy (non-hydrogen) atoms. The lowest BCUT2D eigenvalue weighted by atomic mass is 10.0. The van der Waals surface area contributed by atoms with E-state index in [2.05, 4.69) is 86.8 Å². The van der Waals surface area contributed by atoms with Crippen molar-refractivity contribution < 1.29 is 42.1 Å². The molecule has 0 aromatic heterocycles. The lowest BCUT2D eigenvalue weighted by Crippen LogP contribution is -2.37. The highest BCUT2D eigenvalue weighted by Gasteiger charge is 2.22. The van der Waals surface area contributed by atoms with Gasteiger partial charge in [0.15, 0.2) is 6.10 Å². The summed E-state index contributed by atoms with van der Waals surface area (Å²) in [7, 11) is 1.18. The van der Waals surface area contributed by atoms with Crippen LogP contribution in [0.1, 0.15) is 361 Å². The zero-order chi connectivity index (χ0) is 64.1. The van der Waals surface area contributed by atoms with Gasteiger partial charge in [-0.2, -0.15) is 0 Å². The molecule has 0 saturated heterocycles.